The highest BCUT2D eigenvalue weighted by Crippen LogP contribution is 2.31. The fourth-order valence-electron chi connectivity index (χ4n) is 3.75. The second-order valence-electron chi connectivity index (χ2n) is 7.04. The number of hydrogen-bond donors (Lipinski definition) is 0. The first-order valence-corrected chi connectivity index (χ1v) is 10.6. The quantitative estimate of drug-likeness (QED) is 0.794. The number of carbonyl (C=O) groups excluding carboxylic acids is 1. The van der Waals surface area contributed by atoms with E-state index >= 15 is 0 Å². The van der Waals surface area contributed by atoms with E-state index in [9.17, 15) is 17.6 Å². The van der Waals surface area contributed by atoms with Crippen molar-refractivity contribution >= 4 is 21.6 Å². The van der Waals surface area contributed by atoms with E-state index < -0.39 is 15.8 Å². The van der Waals surface area contributed by atoms with Crippen LogP contribution >= 0.6 is 0 Å². The Labute approximate surface area is 157 Å². The maximum Gasteiger partial charge on any atom is 0.235 e. The summed E-state index contributed by atoms with van der Waals surface area (Å²) in [5.41, 5.74) is 1.61. The van der Waals surface area contributed by atoms with Gasteiger partial charge in [0.05, 0.1) is 42.8 Å². The van der Waals surface area contributed by atoms with E-state index in [0.717, 1.165) is 0 Å². The van der Waals surface area contributed by atoms with Crippen molar-refractivity contribution in [3.8, 4) is 0 Å². The summed E-state index contributed by atoms with van der Waals surface area (Å²) < 4.78 is 41.6. The van der Waals surface area contributed by atoms with Crippen LogP contribution in [0.25, 0.3) is 0 Å². The average molecular weight is 392 g/mol. The van der Waals surface area contributed by atoms with Gasteiger partial charge in [-0.15, -0.1) is 0 Å². The first kappa shape index (κ1) is 18.0. The Morgan fingerprint density at radius 3 is 2.81 bits per heavy atom. The molecule has 4 rings (SSSR count). The lowest BCUT2D eigenvalue weighted by molar-refractivity contribution is -0.134. The normalized spacial score (nSPS) is 21.3. The van der Waals surface area contributed by atoms with Gasteiger partial charge in [-0.2, -0.15) is 5.10 Å². The summed E-state index contributed by atoms with van der Waals surface area (Å²) in [6.45, 7) is 3.08. The van der Waals surface area contributed by atoms with Gasteiger partial charge in [-0.1, -0.05) is 18.2 Å². The molecule has 1 atom stereocenters. The van der Waals surface area contributed by atoms with Crippen LogP contribution in [-0.2, 0) is 34.3 Å². The minimum absolute atomic E-state index is 0.0253. The van der Waals surface area contributed by atoms with Gasteiger partial charge < -0.3 is 4.90 Å². The number of halogens is 1. The number of rotatable bonds is 3. The highest BCUT2D eigenvalue weighted by atomic mass is 32.2. The molecule has 2 aliphatic heterocycles. The van der Waals surface area contributed by atoms with Crippen LogP contribution in [-0.4, -0.2) is 47.3 Å². The number of nitrogens with zero attached hydrogens (tertiary/aromatic N) is 4. The molecule has 1 aromatic heterocycles. The second-order valence-corrected chi connectivity index (χ2v) is 9.05. The molecule has 3 heterocycles. The van der Waals surface area contributed by atoms with Gasteiger partial charge in [-0.3, -0.25) is 13.8 Å². The molecule has 0 unspecified atom stereocenters. The number of sulfonamides is 1. The molecule has 1 aromatic carbocycles. The van der Waals surface area contributed by atoms with Gasteiger partial charge in [0.2, 0.25) is 15.9 Å². The summed E-state index contributed by atoms with van der Waals surface area (Å²) in [4.78, 5) is 14.5. The first-order chi connectivity index (χ1) is 12.9. The first-order valence-electron chi connectivity index (χ1n) is 8.95. The van der Waals surface area contributed by atoms with Gasteiger partial charge in [0.15, 0.2) is 0 Å². The smallest absolute Gasteiger partial charge is 0.235 e. The van der Waals surface area contributed by atoms with Crippen molar-refractivity contribution < 1.29 is 17.6 Å². The molecule has 1 amide bonds. The topological polar surface area (TPSA) is 75.5 Å². The van der Waals surface area contributed by atoms with Crippen molar-refractivity contribution in [1.29, 1.82) is 0 Å². The van der Waals surface area contributed by atoms with Crippen LogP contribution in [0.3, 0.4) is 0 Å². The largest absolute Gasteiger partial charge is 0.332 e. The Hall–Kier alpha value is -2.42. The molecule has 0 spiro atoms. The summed E-state index contributed by atoms with van der Waals surface area (Å²) in [7, 11) is -3.32. The summed E-state index contributed by atoms with van der Waals surface area (Å²) >= 11 is 0. The zero-order chi connectivity index (χ0) is 19.2. The number of aromatic nitrogens is 2. The van der Waals surface area contributed by atoms with Gasteiger partial charge >= 0.3 is 0 Å². The standard InChI is InChI=1S/C18H21FN4O3S/c1-13-11-22-17(16(10-20-22)23-7-4-8-27(23,25)26)12-21(13)18(24)9-14-5-2-3-6-15(14)19/h2-3,5-6,10,13H,4,7-9,11-12H2,1H3/t13-/m0/s1. The van der Waals surface area contributed by atoms with Crippen LogP contribution in [0.2, 0.25) is 0 Å². The lowest BCUT2D eigenvalue weighted by Crippen LogP contribution is -2.46. The molecule has 0 bridgehead atoms. The third kappa shape index (κ3) is 3.20. The summed E-state index contributed by atoms with van der Waals surface area (Å²) in [5.74, 6) is -0.455. The molecule has 0 saturated carbocycles. The van der Waals surface area contributed by atoms with Crippen LogP contribution in [0.15, 0.2) is 30.5 Å². The van der Waals surface area contributed by atoms with E-state index in [-0.39, 0.29) is 30.7 Å². The van der Waals surface area contributed by atoms with Crippen LogP contribution in [0.4, 0.5) is 10.1 Å². The number of fused-ring (bicyclic) bond motifs is 1. The summed E-state index contributed by atoms with van der Waals surface area (Å²) in [6.07, 6.45) is 2.12. The number of anilines is 1. The van der Waals surface area contributed by atoms with Gasteiger partial charge in [0.1, 0.15) is 5.82 Å². The highest BCUT2D eigenvalue weighted by molar-refractivity contribution is 7.93. The SMILES string of the molecule is C[C@H]1Cn2ncc(N3CCCS3(=O)=O)c2CN1C(=O)Cc1ccccc1F. The fourth-order valence-corrected chi connectivity index (χ4v) is 5.32. The summed E-state index contributed by atoms with van der Waals surface area (Å²) in [5, 5.41) is 4.32. The van der Waals surface area contributed by atoms with Crippen LogP contribution in [0.5, 0.6) is 0 Å². The molecular weight excluding hydrogens is 371 g/mol. The molecule has 27 heavy (non-hydrogen) atoms. The average Bonchev–Trinajstić information content (AvgIpc) is 3.17. The third-order valence-electron chi connectivity index (χ3n) is 5.20. The maximum absolute atomic E-state index is 13.9. The van der Waals surface area contributed by atoms with Gasteiger partial charge in [0.25, 0.3) is 0 Å². The molecule has 0 aliphatic carbocycles. The summed E-state index contributed by atoms with van der Waals surface area (Å²) in [6, 6.07) is 6.13. The van der Waals surface area contributed by atoms with Crippen molar-refractivity contribution in [2.24, 2.45) is 0 Å². The maximum atomic E-state index is 13.9. The van der Waals surface area contributed by atoms with E-state index in [1.807, 2.05) is 6.92 Å². The van der Waals surface area contributed by atoms with E-state index in [1.54, 1.807) is 34.0 Å². The van der Waals surface area contributed by atoms with E-state index in [0.29, 0.717) is 36.5 Å². The molecular formula is C18H21FN4O3S. The van der Waals surface area contributed by atoms with Crippen molar-refractivity contribution in [1.82, 2.24) is 14.7 Å². The highest BCUT2D eigenvalue weighted by Gasteiger charge is 2.35. The van der Waals surface area contributed by atoms with E-state index in [2.05, 4.69) is 5.10 Å². The lowest BCUT2D eigenvalue weighted by Gasteiger charge is -2.35. The Kier molecular flexibility index (Phi) is 4.41. The molecule has 1 saturated heterocycles. The molecule has 144 valence electrons. The minimum atomic E-state index is -3.32. The predicted octanol–water partition coefficient (Wildman–Crippen LogP) is 1.54. The third-order valence-corrected chi connectivity index (χ3v) is 7.06. The van der Waals surface area contributed by atoms with Crippen molar-refractivity contribution in [2.45, 2.75) is 38.9 Å². The number of amides is 1. The number of hydrogen-bond acceptors (Lipinski definition) is 4. The Morgan fingerprint density at radius 2 is 2.11 bits per heavy atom. The molecule has 0 N–H and O–H groups in total. The van der Waals surface area contributed by atoms with Crippen molar-refractivity contribution in [2.75, 3.05) is 16.6 Å². The lowest BCUT2D eigenvalue weighted by atomic mass is 10.1. The van der Waals surface area contributed by atoms with Crippen molar-refractivity contribution in [3.63, 3.8) is 0 Å². The molecule has 1 fully saturated rings. The van der Waals surface area contributed by atoms with Crippen LogP contribution in [0, 0.1) is 5.82 Å². The van der Waals surface area contributed by atoms with Crippen LogP contribution < -0.4 is 4.31 Å². The Balaban J connectivity index is 1.60. The van der Waals surface area contributed by atoms with E-state index in [4.69, 9.17) is 0 Å². The van der Waals surface area contributed by atoms with Gasteiger partial charge in [-0.05, 0) is 25.0 Å². The van der Waals surface area contributed by atoms with E-state index in [1.165, 1.54) is 10.4 Å². The molecule has 9 heteroatoms. The minimum Gasteiger partial charge on any atom is -0.332 e. The number of benzene rings is 1. The monoisotopic (exact) mass is 392 g/mol. The molecule has 2 aliphatic rings. The van der Waals surface area contributed by atoms with Crippen molar-refractivity contribution in [3.05, 3.63) is 47.5 Å². The zero-order valence-electron chi connectivity index (χ0n) is 15.0. The fraction of sp³-hybridized carbons (Fsp3) is 0.444. The molecule has 0 radical (unpaired) electrons. The molecule has 7 nitrogen and oxygen atoms in total. The predicted molar refractivity (Wildman–Crippen MR) is 98.1 cm³/mol. The van der Waals surface area contributed by atoms with Crippen LogP contribution in [0.1, 0.15) is 24.6 Å². The molecule has 2 aromatic rings. The second kappa shape index (κ2) is 6.63. The number of carbonyl (C=O) groups is 1. The Bertz CT molecular complexity index is 988. The van der Waals surface area contributed by atoms with Gasteiger partial charge in [0, 0.05) is 12.6 Å². The zero-order valence-corrected chi connectivity index (χ0v) is 15.8. The van der Waals surface area contributed by atoms with Gasteiger partial charge in [-0.25, -0.2) is 12.8 Å². The Morgan fingerprint density at radius 1 is 1.33 bits per heavy atom.